The van der Waals surface area contributed by atoms with E-state index in [2.05, 4.69) is 26.2 Å². The highest BCUT2D eigenvalue weighted by atomic mass is 79.9. The van der Waals surface area contributed by atoms with Gasteiger partial charge in [0.25, 0.3) is 0 Å². The molecule has 5 nitrogen and oxygen atoms in total. The van der Waals surface area contributed by atoms with Crippen molar-refractivity contribution in [2.75, 3.05) is 5.32 Å². The molecular formula is C14H17BrN2O3. The number of nitrogens with one attached hydrogen (secondary N) is 1. The van der Waals surface area contributed by atoms with Gasteiger partial charge in [0.15, 0.2) is 0 Å². The van der Waals surface area contributed by atoms with Gasteiger partial charge in [0.2, 0.25) is 5.91 Å². The maximum absolute atomic E-state index is 12.3. The Labute approximate surface area is 125 Å². The molecule has 6 heteroatoms. The van der Waals surface area contributed by atoms with Crippen molar-refractivity contribution in [3.05, 3.63) is 22.9 Å². The molecule has 108 valence electrons. The lowest BCUT2D eigenvalue weighted by atomic mass is 9.95. The van der Waals surface area contributed by atoms with Gasteiger partial charge in [-0.05, 0) is 46.8 Å². The minimum Gasteiger partial charge on any atom is -0.481 e. The molecule has 1 aromatic heterocycles. The van der Waals surface area contributed by atoms with Crippen LogP contribution in [0.4, 0.5) is 5.69 Å². The second-order valence-electron chi connectivity index (χ2n) is 5.16. The third-order valence-electron chi connectivity index (χ3n) is 3.89. The predicted molar refractivity (Wildman–Crippen MR) is 78.2 cm³/mol. The molecule has 0 radical (unpaired) electrons. The molecule has 0 spiro atoms. The molecule has 1 amide bonds. The number of pyridine rings is 1. The van der Waals surface area contributed by atoms with Gasteiger partial charge in [0.05, 0.1) is 23.7 Å². The summed E-state index contributed by atoms with van der Waals surface area (Å²) in [6.45, 7) is 2.03. The maximum atomic E-state index is 12.3. The van der Waals surface area contributed by atoms with Crippen molar-refractivity contribution in [1.29, 1.82) is 0 Å². The number of carboxylic acids is 1. The number of carbonyl (C=O) groups excluding carboxylic acids is 1. The third-order valence-corrected chi connectivity index (χ3v) is 4.36. The summed E-state index contributed by atoms with van der Waals surface area (Å²) in [6.07, 6.45) is 3.68. The Morgan fingerprint density at radius 2 is 2.10 bits per heavy atom. The molecule has 2 N–H and O–H groups in total. The van der Waals surface area contributed by atoms with Crippen LogP contribution in [0.25, 0.3) is 0 Å². The Morgan fingerprint density at radius 3 is 2.65 bits per heavy atom. The number of carbonyl (C=O) groups is 2. The van der Waals surface area contributed by atoms with Crippen LogP contribution < -0.4 is 5.32 Å². The SMILES string of the molecule is CCC1C[C@H](C(=O)Nc2ccc(Br)nc2)[C@H](C(=O)O)C1. The standard InChI is InChI=1S/C14H17BrN2O3/c1-2-8-5-10(11(6-8)14(19)20)13(18)17-9-3-4-12(15)16-7-9/h3-4,7-8,10-11H,2,5-6H2,1H3,(H,17,18)(H,19,20)/t8?,10-,11+/m0/s1. The van der Waals surface area contributed by atoms with Crippen LogP contribution in [-0.2, 0) is 9.59 Å². The molecular weight excluding hydrogens is 324 g/mol. The van der Waals surface area contributed by atoms with Crippen molar-refractivity contribution in [1.82, 2.24) is 4.98 Å². The Balaban J connectivity index is 2.07. The van der Waals surface area contributed by atoms with Crippen molar-refractivity contribution < 1.29 is 14.7 Å². The normalized spacial score (nSPS) is 25.4. The van der Waals surface area contributed by atoms with E-state index in [9.17, 15) is 14.7 Å². The first-order valence-electron chi connectivity index (χ1n) is 6.66. The molecule has 1 saturated carbocycles. The number of hydrogen-bond donors (Lipinski definition) is 2. The van der Waals surface area contributed by atoms with Crippen LogP contribution in [0.5, 0.6) is 0 Å². The molecule has 1 unspecified atom stereocenters. The van der Waals surface area contributed by atoms with Crippen molar-refractivity contribution in [2.45, 2.75) is 26.2 Å². The number of amides is 1. The van der Waals surface area contributed by atoms with E-state index in [0.29, 0.717) is 29.1 Å². The van der Waals surface area contributed by atoms with Gasteiger partial charge in [-0.2, -0.15) is 0 Å². The van der Waals surface area contributed by atoms with Crippen LogP contribution in [0.3, 0.4) is 0 Å². The lowest BCUT2D eigenvalue weighted by molar-refractivity contribution is -0.145. The van der Waals surface area contributed by atoms with Gasteiger partial charge in [-0.25, -0.2) is 4.98 Å². The van der Waals surface area contributed by atoms with Gasteiger partial charge in [-0.3, -0.25) is 9.59 Å². The highest BCUT2D eigenvalue weighted by molar-refractivity contribution is 9.10. The van der Waals surface area contributed by atoms with Gasteiger partial charge >= 0.3 is 5.97 Å². The Hall–Kier alpha value is -1.43. The van der Waals surface area contributed by atoms with E-state index in [-0.39, 0.29) is 5.91 Å². The maximum Gasteiger partial charge on any atom is 0.307 e. The van der Waals surface area contributed by atoms with Crippen LogP contribution in [-0.4, -0.2) is 22.0 Å². The van der Waals surface area contributed by atoms with E-state index < -0.39 is 17.8 Å². The van der Waals surface area contributed by atoms with Crippen LogP contribution in [0.15, 0.2) is 22.9 Å². The van der Waals surface area contributed by atoms with E-state index in [1.165, 1.54) is 0 Å². The summed E-state index contributed by atoms with van der Waals surface area (Å²) in [5, 5.41) is 12.0. The average molecular weight is 341 g/mol. The van der Waals surface area contributed by atoms with E-state index in [0.717, 1.165) is 6.42 Å². The molecule has 0 bridgehead atoms. The highest BCUT2D eigenvalue weighted by Gasteiger charge is 2.42. The minimum absolute atomic E-state index is 0.225. The van der Waals surface area contributed by atoms with Crippen LogP contribution in [0.2, 0.25) is 0 Å². The zero-order chi connectivity index (χ0) is 14.7. The molecule has 3 atom stereocenters. The molecule has 20 heavy (non-hydrogen) atoms. The summed E-state index contributed by atoms with van der Waals surface area (Å²) >= 11 is 3.22. The molecule has 0 aliphatic heterocycles. The fourth-order valence-electron chi connectivity index (χ4n) is 2.72. The van der Waals surface area contributed by atoms with E-state index in [1.807, 2.05) is 6.92 Å². The Morgan fingerprint density at radius 1 is 1.40 bits per heavy atom. The predicted octanol–water partition coefficient (Wildman–Crippen LogP) is 2.92. The summed E-state index contributed by atoms with van der Waals surface area (Å²) < 4.78 is 0.686. The average Bonchev–Trinajstić information content (AvgIpc) is 2.86. The number of carboxylic acid groups (broad SMARTS) is 1. The molecule has 0 saturated heterocycles. The van der Waals surface area contributed by atoms with Crippen LogP contribution in [0, 0.1) is 17.8 Å². The smallest absolute Gasteiger partial charge is 0.307 e. The van der Waals surface area contributed by atoms with Gasteiger partial charge < -0.3 is 10.4 Å². The number of nitrogens with zero attached hydrogens (tertiary/aromatic N) is 1. The molecule has 2 rings (SSSR count). The second kappa shape index (κ2) is 6.35. The summed E-state index contributed by atoms with van der Waals surface area (Å²) in [7, 11) is 0. The summed E-state index contributed by atoms with van der Waals surface area (Å²) in [5.41, 5.74) is 0.585. The first kappa shape index (κ1) is 15.0. The largest absolute Gasteiger partial charge is 0.481 e. The van der Waals surface area contributed by atoms with Crippen molar-refractivity contribution >= 4 is 33.5 Å². The van der Waals surface area contributed by atoms with Gasteiger partial charge in [-0.15, -0.1) is 0 Å². The fraction of sp³-hybridized carbons (Fsp3) is 0.500. The monoisotopic (exact) mass is 340 g/mol. The lowest BCUT2D eigenvalue weighted by Gasteiger charge is -2.15. The molecule has 0 aromatic carbocycles. The number of hydrogen-bond acceptors (Lipinski definition) is 3. The zero-order valence-corrected chi connectivity index (χ0v) is 12.8. The van der Waals surface area contributed by atoms with Gasteiger partial charge in [0.1, 0.15) is 4.60 Å². The van der Waals surface area contributed by atoms with Gasteiger partial charge in [-0.1, -0.05) is 13.3 Å². The lowest BCUT2D eigenvalue weighted by Crippen LogP contribution is -2.30. The molecule has 1 fully saturated rings. The minimum atomic E-state index is -0.880. The highest BCUT2D eigenvalue weighted by Crippen LogP contribution is 2.39. The number of halogens is 1. The zero-order valence-electron chi connectivity index (χ0n) is 11.2. The number of rotatable bonds is 4. The van der Waals surface area contributed by atoms with Crippen molar-refractivity contribution in [3.63, 3.8) is 0 Å². The summed E-state index contributed by atoms with van der Waals surface area (Å²) in [5.74, 6) is -1.83. The van der Waals surface area contributed by atoms with Crippen molar-refractivity contribution in [3.8, 4) is 0 Å². The Kier molecular flexibility index (Phi) is 4.75. The number of aromatic nitrogens is 1. The number of aliphatic carboxylic acids is 1. The van der Waals surface area contributed by atoms with Gasteiger partial charge in [0, 0.05) is 0 Å². The van der Waals surface area contributed by atoms with Crippen LogP contribution in [0.1, 0.15) is 26.2 Å². The first-order valence-corrected chi connectivity index (χ1v) is 7.45. The molecule has 1 aliphatic carbocycles. The fourth-order valence-corrected chi connectivity index (χ4v) is 2.96. The quantitative estimate of drug-likeness (QED) is 0.826. The Bertz CT molecular complexity index is 504. The van der Waals surface area contributed by atoms with Crippen LogP contribution >= 0.6 is 15.9 Å². The first-order chi connectivity index (χ1) is 9.51. The van der Waals surface area contributed by atoms with E-state index in [1.54, 1.807) is 18.3 Å². The van der Waals surface area contributed by atoms with Crippen molar-refractivity contribution in [2.24, 2.45) is 17.8 Å². The topological polar surface area (TPSA) is 79.3 Å². The summed E-state index contributed by atoms with van der Waals surface area (Å²) in [4.78, 5) is 27.6. The van der Waals surface area contributed by atoms with E-state index in [4.69, 9.17) is 0 Å². The third kappa shape index (κ3) is 3.36. The molecule has 1 aromatic rings. The van der Waals surface area contributed by atoms with E-state index >= 15 is 0 Å². The number of anilines is 1. The molecule has 1 aliphatic rings. The summed E-state index contributed by atoms with van der Waals surface area (Å²) in [6, 6.07) is 3.46. The molecule has 1 heterocycles. The second-order valence-corrected chi connectivity index (χ2v) is 5.97.